The van der Waals surface area contributed by atoms with Crippen molar-refractivity contribution in [1.29, 1.82) is 5.26 Å². The molecule has 3 N–H and O–H groups in total. The van der Waals surface area contributed by atoms with Gasteiger partial charge in [0.25, 0.3) is 5.92 Å². The number of rotatable bonds is 10. The molecule has 2 saturated heterocycles. The van der Waals surface area contributed by atoms with Crippen LogP contribution in [-0.2, 0) is 16.0 Å². The van der Waals surface area contributed by atoms with Crippen molar-refractivity contribution in [1.82, 2.24) is 15.1 Å². The van der Waals surface area contributed by atoms with Crippen molar-refractivity contribution in [2.24, 2.45) is 11.8 Å². The van der Waals surface area contributed by atoms with E-state index >= 15 is 0 Å². The highest BCUT2D eigenvalue weighted by Gasteiger charge is 2.46. The Kier molecular flexibility index (Phi) is 9.91. The molecular formula is C26H36BF3N4O5. The zero-order valence-electron chi connectivity index (χ0n) is 22.4. The zero-order valence-corrected chi connectivity index (χ0v) is 22.4. The van der Waals surface area contributed by atoms with Crippen molar-refractivity contribution < 1.29 is 37.5 Å². The number of nitrogens with one attached hydrogen (secondary N) is 1. The molecule has 39 heavy (non-hydrogen) atoms. The lowest BCUT2D eigenvalue weighted by molar-refractivity contribution is -0.134. The molecule has 0 spiro atoms. The van der Waals surface area contributed by atoms with Gasteiger partial charge < -0.3 is 25.0 Å². The summed E-state index contributed by atoms with van der Waals surface area (Å²) in [5.74, 6) is -6.13. The van der Waals surface area contributed by atoms with Crippen LogP contribution in [0.25, 0.3) is 0 Å². The molecule has 2 unspecified atom stereocenters. The number of hydrogen-bond donors (Lipinski definition) is 3. The van der Waals surface area contributed by atoms with E-state index in [-0.39, 0.29) is 39.0 Å². The van der Waals surface area contributed by atoms with E-state index in [1.165, 1.54) is 0 Å². The van der Waals surface area contributed by atoms with E-state index in [4.69, 9.17) is 4.74 Å². The van der Waals surface area contributed by atoms with E-state index in [1.807, 2.05) is 6.07 Å². The summed E-state index contributed by atoms with van der Waals surface area (Å²) in [6.45, 7) is 4.48. The Morgan fingerprint density at radius 3 is 2.51 bits per heavy atom. The van der Waals surface area contributed by atoms with Crippen molar-refractivity contribution in [2.75, 3.05) is 26.2 Å². The fourth-order valence-electron chi connectivity index (χ4n) is 5.36. The minimum absolute atomic E-state index is 0.0924. The summed E-state index contributed by atoms with van der Waals surface area (Å²) in [5.41, 5.74) is 0.0508. The van der Waals surface area contributed by atoms with E-state index in [0.717, 1.165) is 10.5 Å². The van der Waals surface area contributed by atoms with Gasteiger partial charge in [0.15, 0.2) is 12.3 Å². The van der Waals surface area contributed by atoms with Crippen molar-refractivity contribution in [3.8, 4) is 6.07 Å². The number of hydrogen-bond acceptors (Lipinski definition) is 7. The Hall–Kier alpha value is -2.82. The molecule has 5 atom stereocenters. The van der Waals surface area contributed by atoms with Crippen molar-refractivity contribution >= 4 is 19.1 Å². The molecule has 9 nitrogen and oxygen atoms in total. The number of alkyl carbamates (subject to hydrolysis) is 1. The molecule has 1 aromatic rings. The highest BCUT2D eigenvalue weighted by molar-refractivity contribution is 6.43. The molecule has 0 bridgehead atoms. The van der Waals surface area contributed by atoms with Crippen molar-refractivity contribution in [3.05, 3.63) is 35.9 Å². The van der Waals surface area contributed by atoms with Gasteiger partial charge in [0.2, 0.25) is 5.91 Å². The molecule has 2 amide bonds. The molecule has 214 valence electrons. The fraction of sp³-hybridized carbons (Fsp3) is 0.654. The maximum atomic E-state index is 14.8. The van der Waals surface area contributed by atoms with Gasteiger partial charge in [-0.15, -0.1) is 0 Å². The summed E-state index contributed by atoms with van der Waals surface area (Å²) in [7, 11) is -1.89. The van der Waals surface area contributed by atoms with Crippen LogP contribution in [-0.4, -0.2) is 94.8 Å². The number of nitrogens with zero attached hydrogens (tertiary/aromatic N) is 3. The van der Waals surface area contributed by atoms with Gasteiger partial charge in [-0.1, -0.05) is 37.3 Å². The van der Waals surface area contributed by atoms with Gasteiger partial charge in [0.1, 0.15) is 5.92 Å². The van der Waals surface area contributed by atoms with Crippen LogP contribution in [0.2, 0.25) is 0 Å². The van der Waals surface area contributed by atoms with E-state index in [0.29, 0.717) is 6.42 Å². The molecule has 3 rings (SSSR count). The number of halogens is 3. The molecule has 1 aromatic carbocycles. The van der Waals surface area contributed by atoms with E-state index in [1.54, 1.807) is 56.0 Å². The third-order valence-electron chi connectivity index (χ3n) is 7.55. The number of nitriles is 1. The Bertz CT molecular complexity index is 1040. The Labute approximate surface area is 227 Å². The standard InChI is InChI=1S/C26H36BF3N4O5/c1-17(12-25(2,3)34-10-9-26(29,30)16-34)19(13-31)23(35)33-14-20(28)21(15-33)39-24(36)32-22(27(37)38)11-18-7-5-4-6-8-18/h4-8,17,19-22,37-38H,9-12,14-16H2,1-3H3,(H,32,36)/t17?,19?,20-,21+,22-/m0/s1. The number of benzene rings is 1. The fourth-order valence-corrected chi connectivity index (χ4v) is 5.36. The van der Waals surface area contributed by atoms with E-state index in [2.05, 4.69) is 5.32 Å². The Balaban J connectivity index is 1.56. The van der Waals surface area contributed by atoms with Gasteiger partial charge in [-0.2, -0.15) is 5.26 Å². The summed E-state index contributed by atoms with van der Waals surface area (Å²) < 4.78 is 47.4. The lowest BCUT2D eigenvalue weighted by Gasteiger charge is -2.38. The summed E-state index contributed by atoms with van der Waals surface area (Å²) in [4.78, 5) is 28.4. The average Bonchev–Trinajstić information content (AvgIpc) is 3.41. The first-order valence-corrected chi connectivity index (χ1v) is 13.0. The Morgan fingerprint density at radius 2 is 1.95 bits per heavy atom. The topological polar surface area (TPSA) is 126 Å². The van der Waals surface area contributed by atoms with Crippen molar-refractivity contribution in [3.63, 3.8) is 0 Å². The van der Waals surface area contributed by atoms with Gasteiger partial charge in [-0.3, -0.25) is 9.69 Å². The van der Waals surface area contributed by atoms with E-state index < -0.39 is 60.6 Å². The minimum Gasteiger partial charge on any atom is -0.441 e. The first kappa shape index (κ1) is 30.7. The summed E-state index contributed by atoms with van der Waals surface area (Å²) >= 11 is 0. The smallest absolute Gasteiger partial charge is 0.441 e. The first-order valence-electron chi connectivity index (χ1n) is 13.0. The second-order valence-electron chi connectivity index (χ2n) is 11.2. The van der Waals surface area contributed by atoms with E-state index in [9.17, 15) is 38.1 Å². The largest absolute Gasteiger partial charge is 0.475 e. The molecule has 2 aliphatic heterocycles. The number of carbonyl (C=O) groups is 2. The molecule has 0 saturated carbocycles. The molecule has 2 fully saturated rings. The van der Waals surface area contributed by atoms with Crippen LogP contribution >= 0.6 is 0 Å². The quantitative estimate of drug-likeness (QED) is 0.380. The van der Waals surface area contributed by atoms with Crippen LogP contribution in [0, 0.1) is 23.2 Å². The van der Waals surface area contributed by atoms with Gasteiger partial charge in [-0.25, -0.2) is 18.0 Å². The van der Waals surface area contributed by atoms with Crippen LogP contribution in [0.15, 0.2) is 30.3 Å². The molecule has 0 radical (unpaired) electrons. The third-order valence-corrected chi connectivity index (χ3v) is 7.55. The van der Waals surface area contributed by atoms with Crippen molar-refractivity contribution in [2.45, 2.75) is 69.7 Å². The molecule has 2 heterocycles. The molecule has 13 heteroatoms. The SMILES string of the molecule is CC(CC(C)(C)N1CCC(F)(F)C1)C(C#N)C(=O)N1C[C@H](F)[C@H](OC(=O)N[C@@H](Cc2ccccc2)B(O)O)C1. The monoisotopic (exact) mass is 552 g/mol. The maximum Gasteiger partial charge on any atom is 0.475 e. The van der Waals surface area contributed by atoms with Crippen LogP contribution in [0.3, 0.4) is 0 Å². The first-order chi connectivity index (χ1) is 18.2. The average molecular weight is 552 g/mol. The lowest BCUT2D eigenvalue weighted by atomic mass is 9.76. The predicted octanol–water partition coefficient (Wildman–Crippen LogP) is 2.17. The van der Waals surface area contributed by atoms with Crippen LogP contribution < -0.4 is 5.32 Å². The van der Waals surface area contributed by atoms with Crippen LogP contribution in [0.4, 0.5) is 18.0 Å². The molecule has 0 aromatic heterocycles. The van der Waals surface area contributed by atoms with Crippen LogP contribution in [0.5, 0.6) is 0 Å². The number of amides is 2. The second kappa shape index (κ2) is 12.6. The maximum absolute atomic E-state index is 14.8. The van der Waals surface area contributed by atoms with Gasteiger partial charge in [0, 0.05) is 18.5 Å². The highest BCUT2D eigenvalue weighted by atomic mass is 19.3. The van der Waals surface area contributed by atoms with Gasteiger partial charge in [0.05, 0.1) is 31.6 Å². The zero-order chi connectivity index (χ0) is 29.0. The predicted molar refractivity (Wildman–Crippen MR) is 137 cm³/mol. The Morgan fingerprint density at radius 1 is 1.28 bits per heavy atom. The molecular weight excluding hydrogens is 516 g/mol. The lowest BCUT2D eigenvalue weighted by Crippen LogP contribution is -2.49. The minimum atomic E-state index is -2.77. The van der Waals surface area contributed by atoms with Gasteiger partial charge in [-0.05, 0) is 38.2 Å². The third kappa shape index (κ3) is 8.09. The number of ether oxygens (including phenoxy) is 1. The summed E-state index contributed by atoms with van der Waals surface area (Å²) in [6.07, 6.45) is -3.93. The van der Waals surface area contributed by atoms with Crippen LogP contribution in [0.1, 0.15) is 39.2 Å². The highest BCUT2D eigenvalue weighted by Crippen LogP contribution is 2.36. The number of alkyl halides is 3. The second-order valence-corrected chi connectivity index (χ2v) is 11.2. The summed E-state index contributed by atoms with van der Waals surface area (Å²) in [5, 5.41) is 31.4. The molecule has 2 aliphatic rings. The summed E-state index contributed by atoms with van der Waals surface area (Å²) in [6, 6.07) is 10.8. The number of likely N-dealkylation sites (tertiary alicyclic amines) is 2. The number of carbonyl (C=O) groups excluding carboxylic acids is 2. The van der Waals surface area contributed by atoms with Gasteiger partial charge >= 0.3 is 13.2 Å². The normalized spacial score (nSPS) is 23.5. The molecule has 0 aliphatic carbocycles.